The van der Waals surface area contributed by atoms with Gasteiger partial charge in [0.15, 0.2) is 16.6 Å². The monoisotopic (exact) mass is 426 g/mol. The smallest absolute Gasteiger partial charge is 0.270 e. The standard InChI is InChI=1S/C22H22N2O5S/c1-3-26-14-9-10-17(27-4-2)15(11-14)16-13-30-22(23-16)24-21(25)20-12-28-18-7-5-6-8-19(18)29-20/h5-11,13,20H,3-4,12H2,1-2H3,(H,23,24,25)/t20-/m0/s1. The minimum atomic E-state index is -0.743. The average Bonchev–Trinajstić information content (AvgIpc) is 3.23. The van der Waals surface area contributed by atoms with Gasteiger partial charge in [-0.05, 0) is 44.2 Å². The lowest BCUT2D eigenvalue weighted by molar-refractivity contribution is -0.125. The molecule has 0 aliphatic carbocycles. The van der Waals surface area contributed by atoms with Crippen LogP contribution in [-0.4, -0.2) is 36.8 Å². The molecule has 1 amide bonds. The molecule has 1 aromatic heterocycles. The Labute approximate surface area is 178 Å². The van der Waals surface area contributed by atoms with Crippen molar-refractivity contribution in [1.29, 1.82) is 0 Å². The highest BCUT2D eigenvalue weighted by Gasteiger charge is 2.28. The highest BCUT2D eigenvalue weighted by Crippen LogP contribution is 2.36. The molecule has 2 aromatic carbocycles. The number of carbonyl (C=O) groups excluding carboxylic acids is 1. The quantitative estimate of drug-likeness (QED) is 0.604. The van der Waals surface area contributed by atoms with Crippen LogP contribution in [0.4, 0.5) is 5.13 Å². The number of nitrogens with zero attached hydrogens (tertiary/aromatic N) is 1. The first-order chi connectivity index (χ1) is 14.7. The summed E-state index contributed by atoms with van der Waals surface area (Å²) in [4.78, 5) is 17.2. The summed E-state index contributed by atoms with van der Waals surface area (Å²) in [6.45, 7) is 5.11. The maximum atomic E-state index is 12.6. The lowest BCUT2D eigenvalue weighted by Gasteiger charge is -2.25. The summed E-state index contributed by atoms with van der Waals surface area (Å²) < 4.78 is 22.7. The lowest BCUT2D eigenvalue weighted by Crippen LogP contribution is -2.40. The lowest BCUT2D eigenvalue weighted by atomic mass is 10.1. The van der Waals surface area contributed by atoms with E-state index in [1.807, 2.05) is 55.6 Å². The molecule has 1 N–H and O–H groups in total. The van der Waals surface area contributed by atoms with Crippen LogP contribution in [0.3, 0.4) is 0 Å². The molecule has 30 heavy (non-hydrogen) atoms. The Morgan fingerprint density at radius 3 is 2.77 bits per heavy atom. The Kier molecular flexibility index (Phi) is 6.04. The zero-order valence-corrected chi connectivity index (χ0v) is 17.5. The van der Waals surface area contributed by atoms with Gasteiger partial charge in [-0.3, -0.25) is 10.1 Å². The molecule has 156 valence electrons. The van der Waals surface area contributed by atoms with Crippen molar-refractivity contribution < 1.29 is 23.7 Å². The van der Waals surface area contributed by atoms with E-state index in [0.29, 0.717) is 41.3 Å². The van der Waals surface area contributed by atoms with E-state index in [1.54, 1.807) is 6.07 Å². The van der Waals surface area contributed by atoms with Gasteiger partial charge >= 0.3 is 0 Å². The molecule has 3 aromatic rings. The second-order valence-corrected chi connectivity index (χ2v) is 7.27. The number of aromatic nitrogens is 1. The molecule has 1 aliphatic heterocycles. The molecule has 1 atom stereocenters. The number of benzene rings is 2. The van der Waals surface area contributed by atoms with Crippen molar-refractivity contribution in [3.8, 4) is 34.3 Å². The van der Waals surface area contributed by atoms with Crippen molar-refractivity contribution >= 4 is 22.4 Å². The Balaban J connectivity index is 1.49. The van der Waals surface area contributed by atoms with Gasteiger partial charge in [0, 0.05) is 10.9 Å². The largest absolute Gasteiger partial charge is 0.494 e. The van der Waals surface area contributed by atoms with Crippen LogP contribution in [0.1, 0.15) is 13.8 Å². The van der Waals surface area contributed by atoms with Gasteiger partial charge in [0.05, 0.1) is 18.9 Å². The molecule has 2 heterocycles. The molecule has 0 radical (unpaired) electrons. The first-order valence-electron chi connectivity index (χ1n) is 9.72. The predicted octanol–water partition coefficient (Wildman–Crippen LogP) is 4.39. The van der Waals surface area contributed by atoms with Crippen LogP contribution < -0.4 is 24.3 Å². The molecule has 4 rings (SSSR count). The summed E-state index contributed by atoms with van der Waals surface area (Å²) in [7, 11) is 0. The zero-order chi connectivity index (χ0) is 20.9. The summed E-state index contributed by atoms with van der Waals surface area (Å²) in [5.41, 5.74) is 1.51. The Hall–Kier alpha value is -3.26. The first kappa shape index (κ1) is 20.0. The fourth-order valence-electron chi connectivity index (χ4n) is 3.04. The summed E-state index contributed by atoms with van der Waals surface area (Å²) >= 11 is 1.33. The average molecular weight is 426 g/mol. The van der Waals surface area contributed by atoms with Gasteiger partial charge in [0.25, 0.3) is 5.91 Å². The molecule has 0 saturated carbocycles. The summed E-state index contributed by atoms with van der Waals surface area (Å²) in [5, 5.41) is 5.16. The van der Waals surface area contributed by atoms with Crippen LogP contribution in [0.2, 0.25) is 0 Å². The van der Waals surface area contributed by atoms with E-state index in [9.17, 15) is 4.79 Å². The maximum Gasteiger partial charge on any atom is 0.270 e. The van der Waals surface area contributed by atoms with Crippen LogP contribution >= 0.6 is 11.3 Å². The zero-order valence-electron chi connectivity index (χ0n) is 16.7. The minimum absolute atomic E-state index is 0.145. The van der Waals surface area contributed by atoms with Crippen molar-refractivity contribution in [2.45, 2.75) is 20.0 Å². The van der Waals surface area contributed by atoms with Crippen molar-refractivity contribution in [2.24, 2.45) is 0 Å². The third-order valence-electron chi connectivity index (χ3n) is 4.37. The molecule has 0 unspecified atom stereocenters. The Morgan fingerprint density at radius 2 is 1.97 bits per heavy atom. The fraction of sp³-hybridized carbons (Fsp3) is 0.273. The van der Waals surface area contributed by atoms with Gasteiger partial charge < -0.3 is 18.9 Å². The van der Waals surface area contributed by atoms with Gasteiger partial charge in [-0.25, -0.2) is 4.98 Å². The van der Waals surface area contributed by atoms with Crippen LogP contribution in [-0.2, 0) is 4.79 Å². The van der Waals surface area contributed by atoms with Crippen molar-refractivity contribution in [3.05, 3.63) is 47.8 Å². The number of amides is 1. The van der Waals surface area contributed by atoms with Crippen LogP contribution in [0.25, 0.3) is 11.3 Å². The summed E-state index contributed by atoms with van der Waals surface area (Å²) in [6.07, 6.45) is -0.743. The molecule has 8 heteroatoms. The normalized spacial score (nSPS) is 14.8. The highest BCUT2D eigenvalue weighted by atomic mass is 32.1. The van der Waals surface area contributed by atoms with E-state index in [2.05, 4.69) is 10.3 Å². The summed E-state index contributed by atoms with van der Waals surface area (Å²) in [5.74, 6) is 2.33. The third kappa shape index (κ3) is 4.33. The minimum Gasteiger partial charge on any atom is -0.494 e. The molecule has 0 spiro atoms. The number of hydrogen-bond donors (Lipinski definition) is 1. The van der Waals surface area contributed by atoms with Crippen molar-refractivity contribution in [3.63, 3.8) is 0 Å². The van der Waals surface area contributed by atoms with E-state index in [4.69, 9.17) is 18.9 Å². The molecule has 0 saturated heterocycles. The number of hydrogen-bond acceptors (Lipinski definition) is 7. The molecule has 1 aliphatic rings. The van der Waals surface area contributed by atoms with E-state index in [1.165, 1.54) is 11.3 Å². The third-order valence-corrected chi connectivity index (χ3v) is 5.13. The Bertz CT molecular complexity index is 1040. The van der Waals surface area contributed by atoms with E-state index >= 15 is 0 Å². The van der Waals surface area contributed by atoms with E-state index in [-0.39, 0.29) is 12.5 Å². The number of para-hydroxylation sites is 2. The predicted molar refractivity (Wildman–Crippen MR) is 115 cm³/mol. The molecule has 0 fully saturated rings. The van der Waals surface area contributed by atoms with Gasteiger partial charge in [-0.1, -0.05) is 12.1 Å². The molecule has 0 bridgehead atoms. The number of ether oxygens (including phenoxy) is 4. The number of carbonyl (C=O) groups is 1. The van der Waals surface area contributed by atoms with E-state index in [0.717, 1.165) is 11.3 Å². The molecular formula is C22H22N2O5S. The van der Waals surface area contributed by atoms with Crippen LogP contribution in [0.15, 0.2) is 47.8 Å². The van der Waals surface area contributed by atoms with Gasteiger partial charge in [-0.15, -0.1) is 11.3 Å². The highest BCUT2D eigenvalue weighted by molar-refractivity contribution is 7.14. The van der Waals surface area contributed by atoms with Crippen molar-refractivity contribution in [1.82, 2.24) is 4.98 Å². The SMILES string of the molecule is CCOc1ccc(OCC)c(-c2csc(NC(=O)[C@@H]3COc4ccccc4O3)n2)c1. The van der Waals surface area contributed by atoms with Gasteiger partial charge in [0.2, 0.25) is 6.10 Å². The van der Waals surface area contributed by atoms with Gasteiger partial charge in [0.1, 0.15) is 18.1 Å². The number of rotatable bonds is 7. The second kappa shape index (κ2) is 9.04. The van der Waals surface area contributed by atoms with Crippen LogP contribution in [0, 0.1) is 0 Å². The fourth-order valence-corrected chi connectivity index (χ4v) is 3.75. The number of fused-ring (bicyclic) bond motifs is 1. The number of nitrogens with one attached hydrogen (secondary N) is 1. The van der Waals surface area contributed by atoms with Crippen LogP contribution in [0.5, 0.6) is 23.0 Å². The topological polar surface area (TPSA) is 78.9 Å². The molecule has 7 nitrogen and oxygen atoms in total. The molecular weight excluding hydrogens is 404 g/mol. The summed E-state index contributed by atoms with van der Waals surface area (Å²) in [6, 6.07) is 12.9. The van der Waals surface area contributed by atoms with Crippen molar-refractivity contribution in [2.75, 3.05) is 25.1 Å². The number of anilines is 1. The Morgan fingerprint density at radius 1 is 1.17 bits per heavy atom. The number of thiazole rings is 1. The second-order valence-electron chi connectivity index (χ2n) is 6.42. The first-order valence-corrected chi connectivity index (χ1v) is 10.6. The van der Waals surface area contributed by atoms with Gasteiger partial charge in [-0.2, -0.15) is 0 Å². The van der Waals surface area contributed by atoms with E-state index < -0.39 is 6.10 Å². The maximum absolute atomic E-state index is 12.6.